The molecule has 1 aromatic carbocycles. The summed E-state index contributed by atoms with van der Waals surface area (Å²) in [6.45, 7) is 4.61. The van der Waals surface area contributed by atoms with E-state index in [1.807, 2.05) is 29.2 Å². The summed E-state index contributed by atoms with van der Waals surface area (Å²) in [5, 5.41) is 2.99. The molecule has 6 heteroatoms. The van der Waals surface area contributed by atoms with Gasteiger partial charge >= 0.3 is 0 Å². The smallest absolute Gasteiger partial charge is 0.253 e. The zero-order valence-corrected chi connectivity index (χ0v) is 16.6. The van der Waals surface area contributed by atoms with Crippen molar-refractivity contribution in [1.29, 1.82) is 0 Å². The minimum absolute atomic E-state index is 0.0582. The van der Waals surface area contributed by atoms with Gasteiger partial charge in [-0.15, -0.1) is 0 Å². The lowest BCUT2D eigenvalue weighted by molar-refractivity contribution is -0.122. The maximum Gasteiger partial charge on any atom is 0.253 e. The zero-order chi connectivity index (χ0) is 19.2. The predicted molar refractivity (Wildman–Crippen MR) is 107 cm³/mol. The standard InChI is InChI=1S/C21H32N4O2/c1-23(2)19-10-13-24(15-19)16-20(26)22-14-17-6-8-18(9-7-17)21(27)25-11-4-3-5-12-25/h6-9,19H,3-5,10-16H2,1-2H3,(H,22,26)/t19-/m0/s1. The van der Waals surface area contributed by atoms with Gasteiger partial charge in [0.2, 0.25) is 5.91 Å². The maximum absolute atomic E-state index is 12.5. The van der Waals surface area contributed by atoms with Crippen molar-refractivity contribution in [2.24, 2.45) is 0 Å². The third-order valence-corrected chi connectivity index (χ3v) is 5.68. The number of nitrogens with zero attached hydrogens (tertiary/aromatic N) is 3. The highest BCUT2D eigenvalue weighted by Crippen LogP contribution is 2.14. The molecule has 0 spiro atoms. The first-order valence-electron chi connectivity index (χ1n) is 10.1. The highest BCUT2D eigenvalue weighted by atomic mass is 16.2. The monoisotopic (exact) mass is 372 g/mol. The van der Waals surface area contributed by atoms with Crippen LogP contribution in [0.4, 0.5) is 0 Å². The fourth-order valence-electron chi connectivity index (χ4n) is 3.88. The van der Waals surface area contributed by atoms with Crippen molar-refractivity contribution in [3.05, 3.63) is 35.4 Å². The molecule has 3 rings (SSSR count). The van der Waals surface area contributed by atoms with Crippen molar-refractivity contribution >= 4 is 11.8 Å². The Bertz CT molecular complexity index is 638. The molecule has 0 aromatic heterocycles. The Kier molecular flexibility index (Phi) is 6.85. The molecule has 1 N–H and O–H groups in total. The van der Waals surface area contributed by atoms with Gasteiger partial charge < -0.3 is 15.1 Å². The van der Waals surface area contributed by atoms with E-state index in [0.717, 1.165) is 56.6 Å². The van der Waals surface area contributed by atoms with E-state index in [4.69, 9.17) is 0 Å². The normalized spacial score (nSPS) is 20.9. The lowest BCUT2D eigenvalue weighted by Crippen LogP contribution is -2.38. The molecule has 2 aliphatic rings. The second kappa shape index (κ2) is 9.33. The minimum atomic E-state index is 0.0582. The Balaban J connectivity index is 1.43. The van der Waals surface area contributed by atoms with Crippen LogP contribution in [-0.4, -0.2) is 79.4 Å². The third kappa shape index (κ3) is 5.53. The van der Waals surface area contributed by atoms with E-state index in [2.05, 4.69) is 29.2 Å². The first-order valence-corrected chi connectivity index (χ1v) is 10.1. The minimum Gasteiger partial charge on any atom is -0.351 e. The van der Waals surface area contributed by atoms with Gasteiger partial charge in [0.1, 0.15) is 0 Å². The summed E-state index contributed by atoms with van der Waals surface area (Å²) in [5.74, 6) is 0.178. The van der Waals surface area contributed by atoms with E-state index in [1.165, 1.54) is 6.42 Å². The van der Waals surface area contributed by atoms with Crippen LogP contribution in [0.1, 0.15) is 41.6 Å². The molecule has 0 unspecified atom stereocenters. The van der Waals surface area contributed by atoms with Crippen LogP contribution in [-0.2, 0) is 11.3 Å². The Morgan fingerprint density at radius 3 is 2.41 bits per heavy atom. The summed E-state index contributed by atoms with van der Waals surface area (Å²) in [7, 11) is 4.18. The lowest BCUT2D eigenvalue weighted by atomic mass is 10.1. The zero-order valence-electron chi connectivity index (χ0n) is 16.6. The molecule has 0 radical (unpaired) electrons. The van der Waals surface area contributed by atoms with E-state index in [1.54, 1.807) is 0 Å². The highest BCUT2D eigenvalue weighted by Gasteiger charge is 2.25. The first-order chi connectivity index (χ1) is 13.0. The van der Waals surface area contributed by atoms with Crippen LogP contribution < -0.4 is 5.32 Å². The van der Waals surface area contributed by atoms with Crippen molar-refractivity contribution in [3.63, 3.8) is 0 Å². The second-order valence-electron chi connectivity index (χ2n) is 7.97. The molecule has 6 nitrogen and oxygen atoms in total. The SMILES string of the molecule is CN(C)[C@H]1CCN(CC(=O)NCc2ccc(C(=O)N3CCCCC3)cc2)C1. The number of likely N-dealkylation sites (tertiary alicyclic amines) is 2. The molecular weight excluding hydrogens is 340 g/mol. The summed E-state index contributed by atoms with van der Waals surface area (Å²) in [5.41, 5.74) is 1.75. The van der Waals surface area contributed by atoms with Crippen LogP contribution in [0.5, 0.6) is 0 Å². The molecular formula is C21H32N4O2. The number of hydrogen-bond donors (Lipinski definition) is 1. The fourth-order valence-corrected chi connectivity index (χ4v) is 3.88. The summed E-state index contributed by atoms with van der Waals surface area (Å²) in [4.78, 5) is 31.1. The van der Waals surface area contributed by atoms with Crippen LogP contribution in [0.25, 0.3) is 0 Å². The first kappa shape index (κ1) is 19.8. The van der Waals surface area contributed by atoms with Gasteiger partial charge in [-0.1, -0.05) is 12.1 Å². The van der Waals surface area contributed by atoms with Crippen LogP contribution in [0.3, 0.4) is 0 Å². The lowest BCUT2D eigenvalue weighted by Gasteiger charge is -2.26. The number of rotatable bonds is 6. The maximum atomic E-state index is 12.5. The van der Waals surface area contributed by atoms with E-state index in [-0.39, 0.29) is 11.8 Å². The average Bonchev–Trinajstić information content (AvgIpc) is 3.16. The molecule has 27 heavy (non-hydrogen) atoms. The largest absolute Gasteiger partial charge is 0.351 e. The van der Waals surface area contributed by atoms with Gasteiger partial charge in [-0.25, -0.2) is 0 Å². The molecule has 148 valence electrons. The Labute approximate surface area is 162 Å². The van der Waals surface area contributed by atoms with Gasteiger partial charge in [0, 0.05) is 44.3 Å². The van der Waals surface area contributed by atoms with Gasteiger partial charge in [-0.2, -0.15) is 0 Å². The highest BCUT2D eigenvalue weighted by molar-refractivity contribution is 5.94. The summed E-state index contributed by atoms with van der Waals surface area (Å²) in [6.07, 6.45) is 4.53. The van der Waals surface area contributed by atoms with E-state index in [9.17, 15) is 9.59 Å². The molecule has 2 amide bonds. The molecule has 2 saturated heterocycles. The van der Waals surface area contributed by atoms with Crippen LogP contribution >= 0.6 is 0 Å². The summed E-state index contributed by atoms with van der Waals surface area (Å²) < 4.78 is 0. The van der Waals surface area contributed by atoms with Crippen LogP contribution in [0.15, 0.2) is 24.3 Å². The second-order valence-corrected chi connectivity index (χ2v) is 7.97. The van der Waals surface area contributed by atoms with Gasteiger partial charge in [-0.3, -0.25) is 14.5 Å². The molecule has 1 aromatic rings. The topological polar surface area (TPSA) is 55.9 Å². The van der Waals surface area contributed by atoms with Crippen molar-refractivity contribution < 1.29 is 9.59 Å². The van der Waals surface area contributed by atoms with Gasteiger partial charge in [0.25, 0.3) is 5.91 Å². The van der Waals surface area contributed by atoms with E-state index >= 15 is 0 Å². The number of benzene rings is 1. The number of nitrogens with one attached hydrogen (secondary N) is 1. The van der Waals surface area contributed by atoms with Crippen molar-refractivity contribution in [3.8, 4) is 0 Å². The van der Waals surface area contributed by atoms with Gasteiger partial charge in [0.05, 0.1) is 6.54 Å². The van der Waals surface area contributed by atoms with Crippen LogP contribution in [0.2, 0.25) is 0 Å². The number of carbonyl (C=O) groups is 2. The Morgan fingerprint density at radius 2 is 1.78 bits per heavy atom. The van der Waals surface area contributed by atoms with Crippen molar-refractivity contribution in [2.45, 2.75) is 38.3 Å². The number of amides is 2. The van der Waals surface area contributed by atoms with E-state index in [0.29, 0.717) is 19.1 Å². The Morgan fingerprint density at radius 1 is 1.07 bits per heavy atom. The predicted octanol–water partition coefficient (Wildman–Crippen LogP) is 1.56. The summed E-state index contributed by atoms with van der Waals surface area (Å²) >= 11 is 0. The number of likely N-dealkylation sites (N-methyl/N-ethyl adjacent to an activating group) is 1. The fraction of sp³-hybridized carbons (Fsp3) is 0.619. The Hall–Kier alpha value is -1.92. The van der Waals surface area contributed by atoms with Gasteiger partial charge in [0.15, 0.2) is 0 Å². The number of piperidine rings is 1. The van der Waals surface area contributed by atoms with Crippen LogP contribution in [0, 0.1) is 0 Å². The van der Waals surface area contributed by atoms with Gasteiger partial charge in [-0.05, 0) is 57.5 Å². The van der Waals surface area contributed by atoms with E-state index < -0.39 is 0 Å². The molecule has 0 aliphatic carbocycles. The molecule has 2 aliphatic heterocycles. The molecule has 0 saturated carbocycles. The molecule has 2 heterocycles. The molecule has 1 atom stereocenters. The third-order valence-electron chi connectivity index (χ3n) is 5.68. The van der Waals surface area contributed by atoms with Crippen molar-refractivity contribution in [2.75, 3.05) is 46.8 Å². The molecule has 2 fully saturated rings. The quantitative estimate of drug-likeness (QED) is 0.824. The van der Waals surface area contributed by atoms with Crippen molar-refractivity contribution in [1.82, 2.24) is 20.0 Å². The summed E-state index contributed by atoms with van der Waals surface area (Å²) in [6, 6.07) is 8.18. The molecule has 0 bridgehead atoms. The number of hydrogen-bond acceptors (Lipinski definition) is 4. The average molecular weight is 373 g/mol. The number of carbonyl (C=O) groups excluding carboxylic acids is 2.